The van der Waals surface area contributed by atoms with Gasteiger partial charge in [0, 0.05) is 13.1 Å². The third-order valence-corrected chi connectivity index (χ3v) is 3.36. The molecule has 0 radical (unpaired) electrons. The van der Waals surface area contributed by atoms with E-state index in [1.165, 1.54) is 23.1 Å². The van der Waals surface area contributed by atoms with Crippen LogP contribution in [0.3, 0.4) is 0 Å². The van der Waals surface area contributed by atoms with Gasteiger partial charge in [-0.3, -0.25) is 0 Å². The molecule has 0 aliphatic rings. The van der Waals surface area contributed by atoms with E-state index >= 15 is 0 Å². The SMILES string of the molecule is CCN(Cc1ccccc1)C(=O)Nc1ccccc1C(F)(F)F. The number of benzene rings is 2. The maximum absolute atomic E-state index is 13.0. The highest BCUT2D eigenvalue weighted by Crippen LogP contribution is 2.34. The van der Waals surface area contributed by atoms with E-state index in [1.54, 1.807) is 6.92 Å². The van der Waals surface area contributed by atoms with E-state index < -0.39 is 17.8 Å². The van der Waals surface area contributed by atoms with E-state index in [2.05, 4.69) is 5.32 Å². The second kappa shape index (κ2) is 7.17. The second-order valence-electron chi connectivity index (χ2n) is 4.97. The molecule has 23 heavy (non-hydrogen) atoms. The third kappa shape index (κ3) is 4.48. The largest absolute Gasteiger partial charge is 0.418 e. The van der Waals surface area contributed by atoms with Crippen molar-refractivity contribution in [2.75, 3.05) is 11.9 Å². The Morgan fingerprint density at radius 2 is 1.65 bits per heavy atom. The van der Waals surface area contributed by atoms with Crippen molar-refractivity contribution in [3.8, 4) is 0 Å². The summed E-state index contributed by atoms with van der Waals surface area (Å²) in [7, 11) is 0. The number of amides is 2. The Kier molecular flexibility index (Phi) is 5.26. The maximum Gasteiger partial charge on any atom is 0.418 e. The van der Waals surface area contributed by atoms with Crippen LogP contribution in [0.15, 0.2) is 54.6 Å². The topological polar surface area (TPSA) is 32.3 Å². The first-order valence-corrected chi connectivity index (χ1v) is 7.18. The van der Waals surface area contributed by atoms with Crippen LogP contribution < -0.4 is 5.32 Å². The zero-order valence-electron chi connectivity index (χ0n) is 12.6. The molecule has 2 aromatic rings. The normalized spacial score (nSPS) is 11.1. The van der Waals surface area contributed by atoms with Crippen molar-refractivity contribution < 1.29 is 18.0 Å². The molecule has 0 unspecified atom stereocenters. The van der Waals surface area contributed by atoms with Crippen LogP contribution in [0.1, 0.15) is 18.1 Å². The van der Waals surface area contributed by atoms with Crippen molar-refractivity contribution >= 4 is 11.7 Å². The monoisotopic (exact) mass is 322 g/mol. The summed E-state index contributed by atoms with van der Waals surface area (Å²) in [6.07, 6.45) is -4.51. The third-order valence-electron chi connectivity index (χ3n) is 3.36. The van der Waals surface area contributed by atoms with Crippen LogP contribution in [0.2, 0.25) is 0 Å². The number of para-hydroxylation sites is 1. The van der Waals surface area contributed by atoms with Gasteiger partial charge in [-0.1, -0.05) is 42.5 Å². The molecule has 6 heteroatoms. The van der Waals surface area contributed by atoms with Gasteiger partial charge in [0.2, 0.25) is 0 Å². The number of hydrogen-bond donors (Lipinski definition) is 1. The summed E-state index contributed by atoms with van der Waals surface area (Å²) in [6.45, 7) is 2.49. The molecule has 1 N–H and O–H groups in total. The molecule has 2 amide bonds. The number of carbonyl (C=O) groups is 1. The average molecular weight is 322 g/mol. The molecule has 3 nitrogen and oxygen atoms in total. The first kappa shape index (κ1) is 16.9. The molecule has 122 valence electrons. The molecular weight excluding hydrogens is 305 g/mol. The molecule has 0 saturated heterocycles. The summed E-state index contributed by atoms with van der Waals surface area (Å²) in [5.74, 6) is 0. The van der Waals surface area contributed by atoms with Crippen molar-refractivity contribution in [1.82, 2.24) is 4.90 Å². The van der Waals surface area contributed by atoms with E-state index in [0.717, 1.165) is 11.6 Å². The quantitative estimate of drug-likeness (QED) is 0.865. The van der Waals surface area contributed by atoms with E-state index in [0.29, 0.717) is 13.1 Å². The van der Waals surface area contributed by atoms with E-state index in [9.17, 15) is 18.0 Å². The van der Waals surface area contributed by atoms with Crippen LogP contribution in [0, 0.1) is 0 Å². The molecule has 0 aromatic heterocycles. The van der Waals surface area contributed by atoms with Crippen molar-refractivity contribution in [3.63, 3.8) is 0 Å². The summed E-state index contributed by atoms with van der Waals surface area (Å²) < 4.78 is 38.9. The van der Waals surface area contributed by atoms with Crippen LogP contribution in [-0.2, 0) is 12.7 Å². The summed E-state index contributed by atoms with van der Waals surface area (Å²) >= 11 is 0. The highest BCUT2D eigenvalue weighted by molar-refractivity contribution is 5.90. The van der Waals surface area contributed by atoms with E-state index in [4.69, 9.17) is 0 Å². The number of hydrogen-bond acceptors (Lipinski definition) is 1. The Balaban J connectivity index is 2.14. The smallest absolute Gasteiger partial charge is 0.320 e. The number of anilines is 1. The zero-order chi connectivity index (χ0) is 16.9. The lowest BCUT2D eigenvalue weighted by molar-refractivity contribution is -0.136. The molecule has 0 atom stereocenters. The van der Waals surface area contributed by atoms with Gasteiger partial charge in [-0.25, -0.2) is 4.79 Å². The van der Waals surface area contributed by atoms with E-state index in [-0.39, 0.29) is 5.69 Å². The molecule has 2 rings (SSSR count). The lowest BCUT2D eigenvalue weighted by Crippen LogP contribution is -2.34. The van der Waals surface area contributed by atoms with Gasteiger partial charge in [-0.2, -0.15) is 13.2 Å². The molecule has 0 aliphatic carbocycles. The summed E-state index contributed by atoms with van der Waals surface area (Å²) in [5.41, 5.74) is -0.186. The molecule has 0 heterocycles. The molecule has 0 aliphatic heterocycles. The van der Waals surface area contributed by atoms with Crippen LogP contribution in [0.4, 0.5) is 23.7 Å². The Morgan fingerprint density at radius 1 is 1.04 bits per heavy atom. The van der Waals surface area contributed by atoms with Gasteiger partial charge < -0.3 is 10.2 Å². The number of nitrogens with one attached hydrogen (secondary N) is 1. The van der Waals surface area contributed by atoms with E-state index in [1.807, 2.05) is 30.3 Å². The predicted octanol–water partition coefficient (Wildman–Crippen LogP) is 4.76. The summed E-state index contributed by atoms with van der Waals surface area (Å²) in [5, 5.41) is 2.36. The van der Waals surface area contributed by atoms with Gasteiger partial charge in [-0.05, 0) is 24.6 Å². The van der Waals surface area contributed by atoms with Crippen molar-refractivity contribution in [2.24, 2.45) is 0 Å². The number of nitrogens with zero attached hydrogens (tertiary/aromatic N) is 1. The molecule has 0 saturated carbocycles. The fourth-order valence-electron chi connectivity index (χ4n) is 2.16. The standard InChI is InChI=1S/C17H17F3N2O/c1-2-22(12-13-8-4-3-5-9-13)16(23)21-15-11-7-6-10-14(15)17(18,19)20/h3-11H,2,12H2,1H3,(H,21,23). The minimum Gasteiger partial charge on any atom is -0.320 e. The van der Waals surface area contributed by atoms with Crippen LogP contribution in [0.25, 0.3) is 0 Å². The van der Waals surface area contributed by atoms with Crippen molar-refractivity contribution in [2.45, 2.75) is 19.6 Å². The maximum atomic E-state index is 13.0. The predicted molar refractivity (Wildman–Crippen MR) is 83.0 cm³/mol. The second-order valence-corrected chi connectivity index (χ2v) is 4.97. The number of urea groups is 1. The number of alkyl halides is 3. The fraction of sp³-hybridized carbons (Fsp3) is 0.235. The van der Waals surface area contributed by atoms with Crippen molar-refractivity contribution in [3.05, 3.63) is 65.7 Å². The Labute approximate surface area is 132 Å². The molecule has 2 aromatic carbocycles. The van der Waals surface area contributed by atoms with Gasteiger partial charge in [0.15, 0.2) is 0 Å². The molecule has 0 fully saturated rings. The molecule has 0 spiro atoms. The zero-order valence-corrected chi connectivity index (χ0v) is 12.6. The average Bonchev–Trinajstić information content (AvgIpc) is 2.53. The molecule has 0 bridgehead atoms. The van der Waals surface area contributed by atoms with Gasteiger partial charge >= 0.3 is 12.2 Å². The number of halogens is 3. The minimum atomic E-state index is -4.51. The lowest BCUT2D eigenvalue weighted by Gasteiger charge is -2.22. The first-order valence-electron chi connectivity index (χ1n) is 7.18. The van der Waals surface area contributed by atoms with Crippen molar-refractivity contribution in [1.29, 1.82) is 0 Å². The van der Waals surface area contributed by atoms with Gasteiger partial charge in [-0.15, -0.1) is 0 Å². The fourth-order valence-corrected chi connectivity index (χ4v) is 2.16. The Bertz CT molecular complexity index is 656. The number of carbonyl (C=O) groups excluding carboxylic acids is 1. The lowest BCUT2D eigenvalue weighted by atomic mass is 10.1. The van der Waals surface area contributed by atoms with Gasteiger partial charge in [0.25, 0.3) is 0 Å². The first-order chi connectivity index (χ1) is 10.9. The Hall–Kier alpha value is -2.50. The number of rotatable bonds is 4. The van der Waals surface area contributed by atoms with Gasteiger partial charge in [0.1, 0.15) is 0 Å². The van der Waals surface area contributed by atoms with Gasteiger partial charge in [0.05, 0.1) is 11.3 Å². The molecular formula is C17H17F3N2O. The highest BCUT2D eigenvalue weighted by atomic mass is 19.4. The Morgan fingerprint density at radius 3 is 2.26 bits per heavy atom. The highest BCUT2D eigenvalue weighted by Gasteiger charge is 2.33. The summed E-state index contributed by atoms with van der Waals surface area (Å²) in [6, 6.07) is 13.7. The van der Waals surface area contributed by atoms with Crippen LogP contribution in [0.5, 0.6) is 0 Å². The van der Waals surface area contributed by atoms with Crippen LogP contribution >= 0.6 is 0 Å². The minimum absolute atomic E-state index is 0.239. The van der Waals surface area contributed by atoms with Crippen LogP contribution in [-0.4, -0.2) is 17.5 Å². The summed E-state index contributed by atoms with van der Waals surface area (Å²) in [4.78, 5) is 13.7.